The molecule has 1 fully saturated rings. The molecule has 1 aliphatic heterocycles. The number of aromatic nitrogens is 2. The standard InChI is InChI=1S/C19H20N4O/c20-18(24)14-6-7-17-22-16(13-23(17)12-14)19(8-10-21-11-9-19)15-4-2-1-3-5-15/h1-7,12-13,21H,8-11H2,(H2,20,24). The zero-order valence-corrected chi connectivity index (χ0v) is 13.4. The van der Waals surface area contributed by atoms with Crippen LogP contribution >= 0.6 is 0 Å². The summed E-state index contributed by atoms with van der Waals surface area (Å²) in [5.74, 6) is -0.424. The topological polar surface area (TPSA) is 72.4 Å². The first kappa shape index (κ1) is 14.9. The molecule has 2 aromatic heterocycles. The van der Waals surface area contributed by atoms with Gasteiger partial charge >= 0.3 is 0 Å². The lowest BCUT2D eigenvalue weighted by Gasteiger charge is -2.37. The lowest BCUT2D eigenvalue weighted by molar-refractivity contribution is 0.1000. The maximum absolute atomic E-state index is 11.4. The van der Waals surface area contributed by atoms with Crippen LogP contribution in [0, 0.1) is 0 Å². The Bertz CT molecular complexity index is 879. The van der Waals surface area contributed by atoms with Crippen LogP contribution in [0.5, 0.6) is 0 Å². The average Bonchev–Trinajstić information content (AvgIpc) is 3.07. The fraction of sp³-hybridized carbons (Fsp3) is 0.263. The third-order valence-corrected chi connectivity index (χ3v) is 5.01. The SMILES string of the molecule is NC(=O)c1ccc2nc(C3(c4ccccc4)CCNCC3)cn2c1. The molecule has 5 heteroatoms. The molecule has 0 radical (unpaired) electrons. The maximum atomic E-state index is 11.4. The van der Waals surface area contributed by atoms with E-state index in [4.69, 9.17) is 10.7 Å². The second-order valence-electron chi connectivity index (χ2n) is 6.37. The van der Waals surface area contributed by atoms with E-state index in [0.29, 0.717) is 5.56 Å². The molecule has 24 heavy (non-hydrogen) atoms. The molecular formula is C19H20N4O. The number of carbonyl (C=O) groups excluding carboxylic acids is 1. The number of nitrogens with one attached hydrogen (secondary N) is 1. The number of primary amides is 1. The number of rotatable bonds is 3. The number of fused-ring (bicyclic) bond motifs is 1. The molecule has 4 rings (SSSR count). The van der Waals surface area contributed by atoms with E-state index < -0.39 is 5.91 Å². The van der Waals surface area contributed by atoms with Gasteiger partial charge in [0.15, 0.2) is 0 Å². The van der Waals surface area contributed by atoms with Gasteiger partial charge in [-0.2, -0.15) is 0 Å². The second kappa shape index (κ2) is 5.76. The second-order valence-corrected chi connectivity index (χ2v) is 6.37. The minimum absolute atomic E-state index is 0.0918. The van der Waals surface area contributed by atoms with E-state index in [-0.39, 0.29) is 5.41 Å². The van der Waals surface area contributed by atoms with Crippen molar-refractivity contribution in [2.75, 3.05) is 13.1 Å². The van der Waals surface area contributed by atoms with Crippen molar-refractivity contribution in [1.82, 2.24) is 14.7 Å². The van der Waals surface area contributed by atoms with E-state index in [2.05, 4.69) is 29.6 Å². The summed E-state index contributed by atoms with van der Waals surface area (Å²) >= 11 is 0. The van der Waals surface area contributed by atoms with E-state index in [1.807, 2.05) is 22.7 Å². The van der Waals surface area contributed by atoms with E-state index >= 15 is 0 Å². The van der Waals surface area contributed by atoms with Gasteiger partial charge in [0.25, 0.3) is 0 Å². The van der Waals surface area contributed by atoms with E-state index in [1.54, 1.807) is 12.3 Å². The molecule has 1 amide bonds. The van der Waals surface area contributed by atoms with Crippen molar-refractivity contribution in [3.8, 4) is 0 Å². The Hall–Kier alpha value is -2.66. The van der Waals surface area contributed by atoms with Gasteiger partial charge in [-0.1, -0.05) is 30.3 Å². The predicted octanol–water partition coefficient (Wildman–Crippen LogP) is 2.10. The Balaban J connectivity index is 1.86. The summed E-state index contributed by atoms with van der Waals surface area (Å²) in [5, 5.41) is 3.44. The summed E-state index contributed by atoms with van der Waals surface area (Å²) in [4.78, 5) is 16.3. The van der Waals surface area contributed by atoms with Crippen molar-refractivity contribution in [3.05, 3.63) is 71.7 Å². The quantitative estimate of drug-likeness (QED) is 0.776. The van der Waals surface area contributed by atoms with Gasteiger partial charge in [0.2, 0.25) is 5.91 Å². The number of imidazole rings is 1. The van der Waals surface area contributed by atoms with Crippen molar-refractivity contribution in [2.45, 2.75) is 18.3 Å². The van der Waals surface area contributed by atoms with Crippen LogP contribution in [0.15, 0.2) is 54.9 Å². The average molecular weight is 320 g/mol. The van der Waals surface area contributed by atoms with Crippen LogP contribution in [0.1, 0.15) is 34.5 Å². The number of amides is 1. The lowest BCUT2D eigenvalue weighted by atomic mass is 9.71. The molecule has 0 unspecified atom stereocenters. The minimum Gasteiger partial charge on any atom is -0.366 e. The molecule has 3 heterocycles. The van der Waals surface area contributed by atoms with Gasteiger partial charge in [-0.15, -0.1) is 0 Å². The lowest BCUT2D eigenvalue weighted by Crippen LogP contribution is -2.41. The highest BCUT2D eigenvalue weighted by atomic mass is 16.1. The highest BCUT2D eigenvalue weighted by Crippen LogP contribution is 2.39. The van der Waals surface area contributed by atoms with Gasteiger partial charge in [0.05, 0.1) is 11.3 Å². The van der Waals surface area contributed by atoms with Crippen molar-refractivity contribution < 1.29 is 4.79 Å². The van der Waals surface area contributed by atoms with Crippen LogP contribution in [0.25, 0.3) is 5.65 Å². The summed E-state index contributed by atoms with van der Waals surface area (Å²) in [6.45, 7) is 1.94. The molecule has 5 nitrogen and oxygen atoms in total. The monoisotopic (exact) mass is 320 g/mol. The number of hydrogen-bond acceptors (Lipinski definition) is 3. The number of nitrogens with zero attached hydrogens (tertiary/aromatic N) is 2. The molecule has 1 aromatic carbocycles. The maximum Gasteiger partial charge on any atom is 0.250 e. The molecule has 0 atom stereocenters. The number of piperidine rings is 1. The third-order valence-electron chi connectivity index (χ3n) is 5.01. The molecule has 3 N–H and O–H groups in total. The summed E-state index contributed by atoms with van der Waals surface area (Å²) < 4.78 is 1.90. The minimum atomic E-state index is -0.424. The van der Waals surface area contributed by atoms with Gasteiger partial charge in [-0.05, 0) is 43.6 Å². The number of benzene rings is 1. The highest BCUT2D eigenvalue weighted by Gasteiger charge is 2.37. The van der Waals surface area contributed by atoms with Crippen LogP contribution in [0.2, 0.25) is 0 Å². The molecule has 1 saturated heterocycles. The first-order chi connectivity index (χ1) is 11.7. The number of carbonyl (C=O) groups is 1. The van der Waals surface area contributed by atoms with E-state index in [9.17, 15) is 4.79 Å². The number of nitrogens with two attached hydrogens (primary N) is 1. The fourth-order valence-corrected chi connectivity index (χ4v) is 3.67. The Morgan fingerprint density at radius 2 is 1.83 bits per heavy atom. The first-order valence-electron chi connectivity index (χ1n) is 8.24. The normalized spacial score (nSPS) is 17.0. The Morgan fingerprint density at radius 3 is 2.54 bits per heavy atom. The first-order valence-corrected chi connectivity index (χ1v) is 8.24. The van der Waals surface area contributed by atoms with Crippen LogP contribution in [0.4, 0.5) is 0 Å². The third kappa shape index (κ3) is 2.37. The van der Waals surface area contributed by atoms with Gasteiger partial charge < -0.3 is 15.5 Å². The zero-order chi connectivity index (χ0) is 16.6. The van der Waals surface area contributed by atoms with Gasteiger partial charge in [0, 0.05) is 17.8 Å². The Morgan fingerprint density at radius 1 is 1.08 bits per heavy atom. The molecule has 122 valence electrons. The van der Waals surface area contributed by atoms with Crippen molar-refractivity contribution in [3.63, 3.8) is 0 Å². The zero-order valence-electron chi connectivity index (χ0n) is 13.4. The smallest absolute Gasteiger partial charge is 0.250 e. The van der Waals surface area contributed by atoms with Crippen LogP contribution in [0.3, 0.4) is 0 Å². The molecule has 0 aliphatic carbocycles. The van der Waals surface area contributed by atoms with Crippen LogP contribution in [-0.2, 0) is 5.41 Å². The molecule has 1 aliphatic rings. The van der Waals surface area contributed by atoms with E-state index in [0.717, 1.165) is 37.3 Å². The molecule has 0 spiro atoms. The Labute approximate surface area is 140 Å². The number of pyridine rings is 1. The molecule has 0 saturated carbocycles. The predicted molar refractivity (Wildman–Crippen MR) is 93.0 cm³/mol. The molecule has 0 bridgehead atoms. The van der Waals surface area contributed by atoms with Gasteiger partial charge in [0.1, 0.15) is 5.65 Å². The highest BCUT2D eigenvalue weighted by molar-refractivity contribution is 5.92. The molecular weight excluding hydrogens is 300 g/mol. The summed E-state index contributed by atoms with van der Waals surface area (Å²) in [5.41, 5.74) is 8.98. The van der Waals surface area contributed by atoms with Crippen molar-refractivity contribution >= 4 is 11.6 Å². The van der Waals surface area contributed by atoms with Crippen LogP contribution in [-0.4, -0.2) is 28.4 Å². The van der Waals surface area contributed by atoms with Crippen molar-refractivity contribution in [2.24, 2.45) is 5.73 Å². The van der Waals surface area contributed by atoms with Crippen LogP contribution < -0.4 is 11.1 Å². The summed E-state index contributed by atoms with van der Waals surface area (Å²) in [6.07, 6.45) is 5.81. The summed E-state index contributed by atoms with van der Waals surface area (Å²) in [6, 6.07) is 14.2. The van der Waals surface area contributed by atoms with Gasteiger partial charge in [-0.3, -0.25) is 4.79 Å². The fourth-order valence-electron chi connectivity index (χ4n) is 3.67. The summed E-state index contributed by atoms with van der Waals surface area (Å²) in [7, 11) is 0. The van der Waals surface area contributed by atoms with Gasteiger partial charge in [-0.25, -0.2) is 4.98 Å². The number of hydrogen-bond donors (Lipinski definition) is 2. The molecule has 3 aromatic rings. The van der Waals surface area contributed by atoms with E-state index in [1.165, 1.54) is 5.56 Å². The largest absolute Gasteiger partial charge is 0.366 e. The Kier molecular flexibility index (Phi) is 3.58. The van der Waals surface area contributed by atoms with Crippen molar-refractivity contribution in [1.29, 1.82) is 0 Å².